The van der Waals surface area contributed by atoms with E-state index in [1.807, 2.05) is 39.9 Å². The monoisotopic (exact) mass is 727 g/mol. The van der Waals surface area contributed by atoms with Gasteiger partial charge in [-0.15, -0.1) is 0 Å². The van der Waals surface area contributed by atoms with Gasteiger partial charge in [-0.3, -0.25) is 9.59 Å². The van der Waals surface area contributed by atoms with Crippen molar-refractivity contribution in [1.29, 1.82) is 0 Å². The predicted molar refractivity (Wildman–Crippen MR) is 189 cm³/mol. The number of ether oxygens (including phenoxy) is 5. The van der Waals surface area contributed by atoms with Crippen LogP contribution in [0.25, 0.3) is 0 Å². The van der Waals surface area contributed by atoms with Crippen LogP contribution in [0.5, 0.6) is 5.75 Å². The number of cyclic esters (lactones) is 1. The van der Waals surface area contributed by atoms with Gasteiger partial charge in [0, 0.05) is 45.2 Å². The van der Waals surface area contributed by atoms with Crippen LogP contribution in [0.3, 0.4) is 0 Å². The average Bonchev–Trinajstić information content (AvgIpc) is 3.06. The fourth-order valence-corrected chi connectivity index (χ4v) is 8.68. The number of Topliss-reactive ketones (excluding diaryl/α,β-unsaturated/α-hetero) is 1. The summed E-state index contributed by atoms with van der Waals surface area (Å²) in [5, 5.41) is 11.4. The summed E-state index contributed by atoms with van der Waals surface area (Å²) in [4.78, 5) is 31.9. The lowest BCUT2D eigenvalue weighted by atomic mass is 9.74. The minimum Gasteiger partial charge on any atom is -0.497 e. The van der Waals surface area contributed by atoms with Crippen LogP contribution in [-0.2, 0) is 38.6 Å². The molecule has 3 rings (SSSR count). The van der Waals surface area contributed by atoms with E-state index in [-0.39, 0.29) is 49.1 Å². The summed E-state index contributed by atoms with van der Waals surface area (Å²) in [6, 6.07) is 6.01. The first-order valence-electron chi connectivity index (χ1n) is 17.5. The second kappa shape index (κ2) is 17.6. The van der Waals surface area contributed by atoms with Gasteiger partial charge in [0.05, 0.1) is 36.4 Å². The van der Waals surface area contributed by atoms with Gasteiger partial charge >= 0.3 is 5.97 Å². The molecule has 2 aliphatic heterocycles. The Kier molecular flexibility index (Phi) is 14.8. The van der Waals surface area contributed by atoms with Crippen LogP contribution in [0, 0.1) is 17.3 Å². The van der Waals surface area contributed by atoms with Crippen LogP contribution in [-0.4, -0.2) is 144 Å². The highest BCUT2D eigenvalue weighted by atomic mass is 32.2. The van der Waals surface area contributed by atoms with Crippen molar-refractivity contribution in [2.24, 2.45) is 17.3 Å². The highest BCUT2D eigenvalue weighted by Gasteiger charge is 2.51. The van der Waals surface area contributed by atoms with Crippen molar-refractivity contribution in [3.8, 4) is 5.75 Å². The van der Waals surface area contributed by atoms with Crippen molar-refractivity contribution >= 4 is 21.8 Å². The summed E-state index contributed by atoms with van der Waals surface area (Å²) in [6.07, 6.45) is -1.86. The minimum absolute atomic E-state index is 0.00398. The number of rotatable bonds is 7. The van der Waals surface area contributed by atoms with E-state index < -0.39 is 57.2 Å². The molecule has 0 aliphatic carbocycles. The molecule has 2 aliphatic rings. The zero-order valence-electron chi connectivity index (χ0n) is 31.9. The average molecular weight is 728 g/mol. The molecule has 286 valence electrons. The number of aliphatic hydroxyl groups excluding tert-OH is 1. The minimum atomic E-state index is -3.88. The number of hydrogen-bond donors (Lipinski definition) is 1. The van der Waals surface area contributed by atoms with E-state index in [9.17, 15) is 23.1 Å². The molecule has 8 atom stereocenters. The normalized spacial score (nSPS) is 33.5. The maximum absolute atomic E-state index is 14.3. The smallest absolute Gasteiger partial charge is 0.319 e. The number of carbonyl (C=O) groups is 2. The molecule has 1 N–H and O–H groups in total. The van der Waals surface area contributed by atoms with Gasteiger partial charge in [0.1, 0.15) is 17.3 Å². The second-order valence-corrected chi connectivity index (χ2v) is 17.0. The molecule has 0 amide bonds. The number of sulfonamides is 1. The lowest BCUT2D eigenvalue weighted by Gasteiger charge is -2.47. The molecule has 0 spiro atoms. The largest absolute Gasteiger partial charge is 0.497 e. The summed E-state index contributed by atoms with van der Waals surface area (Å²) >= 11 is 0. The first-order valence-corrected chi connectivity index (χ1v) is 19.0. The van der Waals surface area contributed by atoms with Crippen molar-refractivity contribution in [3.05, 3.63) is 24.3 Å². The zero-order chi connectivity index (χ0) is 37.6. The molecule has 2 saturated heterocycles. The molecular formula is C36H61N3O10S. The van der Waals surface area contributed by atoms with E-state index in [1.54, 1.807) is 26.2 Å². The summed E-state index contributed by atoms with van der Waals surface area (Å²) in [5.74, 6) is -1.44. The topological polar surface area (TPSA) is 144 Å². The van der Waals surface area contributed by atoms with E-state index in [0.29, 0.717) is 31.7 Å². The van der Waals surface area contributed by atoms with Gasteiger partial charge < -0.3 is 38.6 Å². The standard InChI is InChI=1S/C36H61N3O10S/c1-24-22-36(6,46-11)32(49-33-30(40)29(37(7)8)21-25(2)48-33)26(3)31(41)35(4,5)34(42)47-20-12-17-39(19-18-38(9)23-24)50(43,44)28-15-13-27(45-10)14-16-28/h13-16,24-26,29-30,32-33,40H,12,17-23H2,1-11H3/t24-,25-,26+,29+,30-,32-,33+,36-/m1/s1. The molecule has 0 radical (unpaired) electrons. The molecular weight excluding hydrogens is 666 g/mol. The Balaban J connectivity index is 1.97. The Hall–Kier alpha value is -2.17. The number of ketones is 1. The first kappa shape index (κ1) is 42.2. The third-order valence-corrected chi connectivity index (χ3v) is 12.1. The zero-order valence-corrected chi connectivity index (χ0v) is 32.7. The molecule has 50 heavy (non-hydrogen) atoms. The Bertz CT molecular complexity index is 1370. The second-order valence-electron chi connectivity index (χ2n) is 15.1. The van der Waals surface area contributed by atoms with Crippen molar-refractivity contribution in [2.75, 3.05) is 68.1 Å². The lowest BCUT2D eigenvalue weighted by Crippen LogP contribution is -2.59. The summed E-state index contributed by atoms with van der Waals surface area (Å²) < 4.78 is 58.7. The van der Waals surface area contributed by atoms with Crippen molar-refractivity contribution in [2.45, 2.75) is 102 Å². The van der Waals surface area contributed by atoms with Crippen molar-refractivity contribution in [3.63, 3.8) is 0 Å². The molecule has 1 aromatic rings. The van der Waals surface area contributed by atoms with Crippen LogP contribution < -0.4 is 4.74 Å². The van der Waals surface area contributed by atoms with Gasteiger partial charge in [0.25, 0.3) is 0 Å². The third kappa shape index (κ3) is 10.0. The maximum atomic E-state index is 14.3. The quantitative estimate of drug-likeness (QED) is 0.326. The highest BCUT2D eigenvalue weighted by Crippen LogP contribution is 2.38. The Morgan fingerprint density at radius 3 is 2.22 bits per heavy atom. The molecule has 0 unspecified atom stereocenters. The molecule has 2 heterocycles. The van der Waals surface area contributed by atoms with Crippen LogP contribution in [0.1, 0.15) is 60.8 Å². The number of methoxy groups -OCH3 is 2. The number of benzene rings is 1. The van der Waals surface area contributed by atoms with Gasteiger partial charge in [0.2, 0.25) is 10.0 Å². The molecule has 0 bridgehead atoms. The number of aliphatic hydroxyl groups is 1. The van der Waals surface area contributed by atoms with Crippen LogP contribution in [0.15, 0.2) is 29.2 Å². The fourth-order valence-electron chi connectivity index (χ4n) is 7.21. The lowest BCUT2D eigenvalue weighted by molar-refractivity contribution is -0.295. The van der Waals surface area contributed by atoms with Gasteiger partial charge in [-0.05, 0) is 98.3 Å². The molecule has 2 fully saturated rings. The SMILES string of the molecule is COc1ccc(S(=O)(=O)N2CCCOC(=O)C(C)(C)C(=O)[C@H](C)[C@@H](O[C@@H]3O[C@H](C)C[C@H](N(C)C)[C@H]3O)[C@](C)(OC)C[C@@H](C)CN(C)CC2)cc1. The summed E-state index contributed by atoms with van der Waals surface area (Å²) in [6.45, 7) is 11.9. The molecule has 14 heteroatoms. The number of likely N-dealkylation sites (N-methyl/N-ethyl adjacent to an activating group) is 2. The van der Waals surface area contributed by atoms with Crippen LogP contribution in [0.4, 0.5) is 0 Å². The fraction of sp³-hybridized carbons (Fsp3) is 0.778. The number of hydrogen-bond acceptors (Lipinski definition) is 12. The number of esters is 1. The van der Waals surface area contributed by atoms with Crippen LogP contribution in [0.2, 0.25) is 0 Å². The number of nitrogens with zero attached hydrogens (tertiary/aromatic N) is 3. The van der Waals surface area contributed by atoms with Crippen molar-refractivity contribution in [1.82, 2.24) is 14.1 Å². The first-order chi connectivity index (χ1) is 23.3. The molecule has 13 nitrogen and oxygen atoms in total. The molecule has 0 aromatic heterocycles. The van der Waals surface area contributed by atoms with E-state index in [4.69, 9.17) is 23.7 Å². The van der Waals surface area contributed by atoms with Gasteiger partial charge in [-0.25, -0.2) is 8.42 Å². The van der Waals surface area contributed by atoms with Gasteiger partial charge in [-0.2, -0.15) is 4.31 Å². The predicted octanol–water partition coefficient (Wildman–Crippen LogP) is 3.04. The van der Waals surface area contributed by atoms with E-state index in [1.165, 1.54) is 37.4 Å². The summed E-state index contributed by atoms with van der Waals surface area (Å²) in [5.41, 5.74) is -2.61. The highest BCUT2D eigenvalue weighted by molar-refractivity contribution is 7.89. The Morgan fingerprint density at radius 1 is 1.00 bits per heavy atom. The van der Waals surface area contributed by atoms with Gasteiger partial charge in [-0.1, -0.05) is 13.8 Å². The van der Waals surface area contributed by atoms with E-state index in [2.05, 4.69) is 11.8 Å². The van der Waals surface area contributed by atoms with E-state index >= 15 is 0 Å². The van der Waals surface area contributed by atoms with Crippen molar-refractivity contribution < 1.29 is 46.8 Å². The third-order valence-electron chi connectivity index (χ3n) is 10.2. The Labute approximate surface area is 299 Å². The summed E-state index contributed by atoms with van der Waals surface area (Å²) in [7, 11) is 4.93. The maximum Gasteiger partial charge on any atom is 0.319 e. The molecule has 1 aromatic carbocycles. The van der Waals surface area contributed by atoms with Crippen LogP contribution >= 0.6 is 0 Å². The molecule has 0 saturated carbocycles. The number of carbonyl (C=O) groups excluding carboxylic acids is 2. The van der Waals surface area contributed by atoms with Gasteiger partial charge in [0.15, 0.2) is 12.1 Å². The Morgan fingerprint density at radius 2 is 1.64 bits per heavy atom. The van der Waals surface area contributed by atoms with E-state index in [0.717, 1.165) is 0 Å².